The van der Waals surface area contributed by atoms with Gasteiger partial charge in [-0.1, -0.05) is 32.1 Å². The lowest BCUT2D eigenvalue weighted by Crippen LogP contribution is -2.44. The van der Waals surface area contributed by atoms with Crippen LogP contribution in [0.4, 0.5) is 0 Å². The van der Waals surface area contributed by atoms with Gasteiger partial charge in [0.25, 0.3) is 0 Å². The summed E-state index contributed by atoms with van der Waals surface area (Å²) in [5, 5.41) is 3.67. The second-order valence-electron chi connectivity index (χ2n) is 6.39. The number of hydrogen-bond acceptors (Lipinski definition) is 2. The predicted molar refractivity (Wildman–Crippen MR) is 72.4 cm³/mol. The number of likely N-dealkylation sites (tertiary alicyclic amines) is 1. The number of hydrogen-bond donors (Lipinski definition) is 1. The van der Waals surface area contributed by atoms with Crippen molar-refractivity contribution in [2.24, 2.45) is 0 Å². The summed E-state index contributed by atoms with van der Waals surface area (Å²) in [6.07, 6.45) is 12.6. The maximum atomic E-state index is 12.2. The van der Waals surface area contributed by atoms with E-state index < -0.39 is 0 Å². The summed E-state index contributed by atoms with van der Waals surface area (Å²) >= 11 is 0. The molecule has 1 amide bonds. The van der Waals surface area contributed by atoms with Gasteiger partial charge in [0.15, 0.2) is 0 Å². The molecule has 0 aromatic heterocycles. The van der Waals surface area contributed by atoms with Crippen molar-refractivity contribution < 1.29 is 4.79 Å². The molecule has 3 rings (SSSR count). The van der Waals surface area contributed by atoms with Gasteiger partial charge in [-0.3, -0.25) is 4.79 Å². The molecule has 102 valence electrons. The van der Waals surface area contributed by atoms with Crippen LogP contribution >= 0.6 is 0 Å². The third kappa shape index (κ3) is 2.71. The van der Waals surface area contributed by atoms with Gasteiger partial charge in [0.2, 0.25) is 5.91 Å². The lowest BCUT2D eigenvalue weighted by atomic mass is 9.92. The molecule has 18 heavy (non-hydrogen) atoms. The quantitative estimate of drug-likeness (QED) is 0.780. The second kappa shape index (κ2) is 5.60. The van der Waals surface area contributed by atoms with E-state index in [0.29, 0.717) is 24.0 Å². The van der Waals surface area contributed by atoms with Crippen molar-refractivity contribution in [3.63, 3.8) is 0 Å². The molecule has 2 saturated carbocycles. The Morgan fingerprint density at radius 1 is 0.889 bits per heavy atom. The Kier molecular flexibility index (Phi) is 3.88. The number of nitrogens with zero attached hydrogens (tertiary/aromatic N) is 1. The molecule has 0 spiro atoms. The second-order valence-corrected chi connectivity index (χ2v) is 6.39. The molecular formula is C15H26N2O. The third-order valence-electron chi connectivity index (χ3n) is 5.00. The highest BCUT2D eigenvalue weighted by molar-refractivity contribution is 5.79. The van der Waals surface area contributed by atoms with Crippen molar-refractivity contribution in [2.45, 2.75) is 82.3 Å². The molecule has 0 aromatic rings. The summed E-state index contributed by atoms with van der Waals surface area (Å²) in [5.41, 5.74) is 0. The average Bonchev–Trinajstić information content (AvgIpc) is 2.54. The van der Waals surface area contributed by atoms with E-state index in [2.05, 4.69) is 10.2 Å². The summed E-state index contributed by atoms with van der Waals surface area (Å²) in [7, 11) is 0. The highest BCUT2D eigenvalue weighted by atomic mass is 16.2. The predicted octanol–water partition coefficient (Wildman–Crippen LogP) is 2.45. The number of carbonyl (C=O) groups excluding carboxylic acids is 1. The first-order chi connectivity index (χ1) is 8.83. The first kappa shape index (κ1) is 12.5. The van der Waals surface area contributed by atoms with E-state index in [1.165, 1.54) is 57.8 Å². The van der Waals surface area contributed by atoms with E-state index in [0.717, 1.165) is 13.0 Å². The average molecular weight is 250 g/mol. The summed E-state index contributed by atoms with van der Waals surface area (Å²) in [4.78, 5) is 14.4. The van der Waals surface area contributed by atoms with Crippen molar-refractivity contribution >= 4 is 5.91 Å². The first-order valence-corrected chi connectivity index (χ1v) is 7.88. The molecule has 1 N–H and O–H groups in total. The van der Waals surface area contributed by atoms with Crippen LogP contribution in [0.5, 0.6) is 0 Å². The highest BCUT2D eigenvalue weighted by Gasteiger charge is 2.35. The van der Waals surface area contributed by atoms with Crippen molar-refractivity contribution in [1.29, 1.82) is 0 Å². The maximum absolute atomic E-state index is 12.2. The lowest BCUT2D eigenvalue weighted by molar-refractivity contribution is -0.129. The molecular weight excluding hydrogens is 224 g/mol. The third-order valence-corrected chi connectivity index (χ3v) is 5.00. The van der Waals surface area contributed by atoms with E-state index in [-0.39, 0.29) is 0 Å². The molecule has 3 aliphatic rings. The molecule has 1 aliphatic heterocycles. The van der Waals surface area contributed by atoms with E-state index in [9.17, 15) is 4.79 Å². The van der Waals surface area contributed by atoms with Gasteiger partial charge in [0.05, 0.1) is 0 Å². The van der Waals surface area contributed by atoms with Gasteiger partial charge < -0.3 is 10.2 Å². The number of nitrogens with one attached hydrogen (secondary N) is 1. The zero-order chi connectivity index (χ0) is 12.4. The monoisotopic (exact) mass is 250 g/mol. The Morgan fingerprint density at radius 2 is 1.61 bits per heavy atom. The molecule has 0 aromatic carbocycles. The van der Waals surface area contributed by atoms with Crippen LogP contribution in [0.3, 0.4) is 0 Å². The Balaban J connectivity index is 1.53. The molecule has 0 unspecified atom stereocenters. The topological polar surface area (TPSA) is 32.3 Å². The van der Waals surface area contributed by atoms with Crippen molar-refractivity contribution in [3.05, 3.63) is 0 Å². The van der Waals surface area contributed by atoms with Crippen LogP contribution in [0.15, 0.2) is 0 Å². The van der Waals surface area contributed by atoms with E-state index in [1.807, 2.05) is 0 Å². The lowest BCUT2D eigenvalue weighted by Gasteiger charge is -2.31. The molecule has 3 heteroatoms. The number of carbonyl (C=O) groups is 1. The summed E-state index contributed by atoms with van der Waals surface area (Å²) in [6.45, 7) is 0.972. The Morgan fingerprint density at radius 3 is 2.22 bits per heavy atom. The Labute approximate surface area is 110 Å². The van der Waals surface area contributed by atoms with Crippen LogP contribution in [0.25, 0.3) is 0 Å². The van der Waals surface area contributed by atoms with Crippen molar-refractivity contribution in [1.82, 2.24) is 10.2 Å². The molecule has 3 fully saturated rings. The van der Waals surface area contributed by atoms with Crippen LogP contribution in [0.2, 0.25) is 0 Å². The van der Waals surface area contributed by atoms with E-state index in [4.69, 9.17) is 0 Å². The van der Waals surface area contributed by atoms with Gasteiger partial charge in [-0.15, -0.1) is 0 Å². The molecule has 0 radical (unpaired) electrons. The minimum Gasteiger partial charge on any atom is -0.338 e. The molecule has 1 atom stereocenters. The van der Waals surface area contributed by atoms with Crippen LogP contribution in [-0.4, -0.2) is 35.5 Å². The number of rotatable bonds is 3. The highest BCUT2D eigenvalue weighted by Crippen LogP contribution is 2.27. The fourth-order valence-corrected chi connectivity index (χ4v) is 3.67. The summed E-state index contributed by atoms with van der Waals surface area (Å²) < 4.78 is 0. The zero-order valence-corrected chi connectivity index (χ0v) is 11.4. The summed E-state index contributed by atoms with van der Waals surface area (Å²) in [6, 6.07) is 1.69. The summed E-state index contributed by atoms with van der Waals surface area (Å²) in [5.74, 6) is 0.402. The SMILES string of the molecule is O=C1C[C@@H](NC2CCC2)CN1C1CCCCCC1. The van der Waals surface area contributed by atoms with Gasteiger partial charge in [0.1, 0.15) is 0 Å². The fourth-order valence-electron chi connectivity index (χ4n) is 3.67. The molecule has 1 saturated heterocycles. The van der Waals surface area contributed by atoms with Crippen LogP contribution < -0.4 is 5.32 Å². The van der Waals surface area contributed by atoms with Crippen LogP contribution in [-0.2, 0) is 4.79 Å². The van der Waals surface area contributed by atoms with Gasteiger partial charge in [0, 0.05) is 31.1 Å². The molecule has 1 heterocycles. The molecule has 3 nitrogen and oxygen atoms in total. The van der Waals surface area contributed by atoms with Gasteiger partial charge in [-0.05, 0) is 25.7 Å². The van der Waals surface area contributed by atoms with Gasteiger partial charge in [-0.25, -0.2) is 0 Å². The smallest absolute Gasteiger partial charge is 0.224 e. The minimum atomic E-state index is 0.402. The first-order valence-electron chi connectivity index (χ1n) is 7.88. The van der Waals surface area contributed by atoms with Crippen LogP contribution in [0.1, 0.15) is 64.2 Å². The van der Waals surface area contributed by atoms with Crippen molar-refractivity contribution in [3.8, 4) is 0 Å². The maximum Gasteiger partial charge on any atom is 0.224 e. The Hall–Kier alpha value is -0.570. The van der Waals surface area contributed by atoms with Gasteiger partial charge >= 0.3 is 0 Å². The van der Waals surface area contributed by atoms with E-state index >= 15 is 0 Å². The van der Waals surface area contributed by atoms with E-state index in [1.54, 1.807) is 0 Å². The Bertz CT molecular complexity index is 293. The normalized spacial score (nSPS) is 31.4. The zero-order valence-electron chi connectivity index (χ0n) is 11.4. The van der Waals surface area contributed by atoms with Gasteiger partial charge in [-0.2, -0.15) is 0 Å². The number of amides is 1. The van der Waals surface area contributed by atoms with Crippen LogP contribution in [0, 0.1) is 0 Å². The molecule has 0 bridgehead atoms. The fraction of sp³-hybridized carbons (Fsp3) is 0.933. The van der Waals surface area contributed by atoms with Crippen molar-refractivity contribution in [2.75, 3.05) is 6.54 Å². The molecule has 2 aliphatic carbocycles. The minimum absolute atomic E-state index is 0.402. The largest absolute Gasteiger partial charge is 0.338 e. The standard InChI is InChI=1S/C15H26N2O/c18-15-10-13(16-12-6-5-7-12)11-17(15)14-8-3-1-2-4-9-14/h12-14,16H,1-11H2/t13-/m1/s1.